The second-order valence-corrected chi connectivity index (χ2v) is 8.12. The third kappa shape index (κ3) is 2.34. The van der Waals surface area contributed by atoms with Crippen LogP contribution >= 0.6 is 0 Å². The van der Waals surface area contributed by atoms with Crippen molar-refractivity contribution in [1.82, 2.24) is 9.80 Å². The minimum absolute atomic E-state index is 0.00338. The van der Waals surface area contributed by atoms with Crippen molar-refractivity contribution < 1.29 is 9.90 Å². The van der Waals surface area contributed by atoms with Gasteiger partial charge in [0.05, 0.1) is 5.92 Å². The summed E-state index contributed by atoms with van der Waals surface area (Å²) in [5, 5.41) is 10.0. The lowest BCUT2D eigenvalue weighted by molar-refractivity contribution is -0.145. The summed E-state index contributed by atoms with van der Waals surface area (Å²) < 4.78 is 0. The van der Waals surface area contributed by atoms with E-state index in [-0.39, 0.29) is 17.4 Å². The van der Waals surface area contributed by atoms with Crippen LogP contribution in [0.25, 0.3) is 0 Å². The van der Waals surface area contributed by atoms with Gasteiger partial charge in [0.15, 0.2) is 0 Å². The Labute approximate surface area is 144 Å². The SMILES string of the molecule is CN1CC[C@]2(C)c3cc(O)ccc3C[C@@H]1[C@@H]2C(=O)N1CCCCC1. The fraction of sp³-hybridized carbons (Fsp3) is 0.650. The van der Waals surface area contributed by atoms with Gasteiger partial charge < -0.3 is 14.9 Å². The Balaban J connectivity index is 1.76. The summed E-state index contributed by atoms with van der Waals surface area (Å²) in [4.78, 5) is 17.9. The predicted molar refractivity (Wildman–Crippen MR) is 94.1 cm³/mol. The molecule has 2 saturated heterocycles. The first kappa shape index (κ1) is 15.9. The molecule has 4 rings (SSSR count). The Bertz CT molecular complexity index is 653. The zero-order valence-corrected chi connectivity index (χ0v) is 14.8. The van der Waals surface area contributed by atoms with Gasteiger partial charge in [-0.05, 0) is 69.0 Å². The zero-order valence-electron chi connectivity index (χ0n) is 14.8. The second-order valence-electron chi connectivity index (χ2n) is 8.12. The molecule has 0 radical (unpaired) electrons. The highest BCUT2D eigenvalue weighted by molar-refractivity contribution is 5.82. The van der Waals surface area contributed by atoms with E-state index < -0.39 is 0 Å². The molecule has 3 aliphatic rings. The quantitative estimate of drug-likeness (QED) is 0.861. The van der Waals surface area contributed by atoms with Gasteiger partial charge in [0.25, 0.3) is 0 Å². The molecule has 2 aliphatic heterocycles. The smallest absolute Gasteiger partial charge is 0.228 e. The van der Waals surface area contributed by atoms with Crippen LogP contribution in [-0.4, -0.2) is 53.5 Å². The summed E-state index contributed by atoms with van der Waals surface area (Å²) in [5.74, 6) is 0.655. The number of rotatable bonds is 1. The molecule has 3 atom stereocenters. The first-order valence-corrected chi connectivity index (χ1v) is 9.32. The molecule has 1 aliphatic carbocycles. The lowest BCUT2D eigenvalue weighted by Crippen LogP contribution is -2.62. The molecule has 1 aromatic rings. The predicted octanol–water partition coefficient (Wildman–Crippen LogP) is 2.54. The number of nitrogens with zero attached hydrogens (tertiary/aromatic N) is 2. The molecule has 0 unspecified atom stereocenters. The molecule has 0 spiro atoms. The average Bonchev–Trinajstić information content (AvgIpc) is 2.59. The van der Waals surface area contributed by atoms with Crippen molar-refractivity contribution in [2.24, 2.45) is 5.92 Å². The van der Waals surface area contributed by atoms with Gasteiger partial charge in [-0.3, -0.25) is 4.79 Å². The number of carbonyl (C=O) groups is 1. The Kier molecular flexibility index (Phi) is 3.83. The molecule has 1 N–H and O–H groups in total. The molecule has 2 heterocycles. The third-order valence-corrected chi connectivity index (χ3v) is 6.69. The second kappa shape index (κ2) is 5.76. The van der Waals surface area contributed by atoms with Crippen LogP contribution in [0, 0.1) is 5.92 Å². The molecular formula is C20H28N2O2. The van der Waals surface area contributed by atoms with Gasteiger partial charge in [-0.25, -0.2) is 0 Å². The average molecular weight is 328 g/mol. The maximum absolute atomic E-state index is 13.4. The minimum Gasteiger partial charge on any atom is -0.508 e. The van der Waals surface area contributed by atoms with Crippen LogP contribution in [0.1, 0.15) is 43.7 Å². The van der Waals surface area contributed by atoms with E-state index in [4.69, 9.17) is 0 Å². The molecule has 24 heavy (non-hydrogen) atoms. The Morgan fingerprint density at radius 3 is 2.71 bits per heavy atom. The third-order valence-electron chi connectivity index (χ3n) is 6.69. The molecule has 0 aromatic heterocycles. The Hall–Kier alpha value is -1.55. The van der Waals surface area contributed by atoms with Crippen LogP contribution in [0.4, 0.5) is 0 Å². The molecular weight excluding hydrogens is 300 g/mol. The van der Waals surface area contributed by atoms with Gasteiger partial charge >= 0.3 is 0 Å². The van der Waals surface area contributed by atoms with Crippen LogP contribution in [0.3, 0.4) is 0 Å². The Morgan fingerprint density at radius 1 is 1.21 bits per heavy atom. The zero-order chi connectivity index (χ0) is 16.9. The lowest BCUT2D eigenvalue weighted by atomic mass is 9.58. The van der Waals surface area contributed by atoms with E-state index >= 15 is 0 Å². The molecule has 130 valence electrons. The van der Waals surface area contributed by atoms with Crippen molar-refractivity contribution in [2.75, 3.05) is 26.7 Å². The fourth-order valence-corrected chi connectivity index (χ4v) is 5.23. The van der Waals surface area contributed by atoms with E-state index in [2.05, 4.69) is 29.8 Å². The van der Waals surface area contributed by atoms with Gasteiger partial charge in [-0.15, -0.1) is 0 Å². The Morgan fingerprint density at radius 2 is 1.96 bits per heavy atom. The van der Waals surface area contributed by atoms with Crippen molar-refractivity contribution in [1.29, 1.82) is 0 Å². The standard InChI is InChI=1S/C20H28N2O2/c1-20-8-11-21(2)17(12-14-6-7-15(23)13-16(14)20)18(20)19(24)22-9-4-3-5-10-22/h6-7,13,17-18,23H,3-5,8-12H2,1-2H3/t17-,18-,20-/m1/s1. The summed E-state index contributed by atoms with van der Waals surface area (Å²) in [6.07, 6.45) is 5.39. The number of likely N-dealkylation sites (tertiary alicyclic amines) is 2. The number of fused-ring (bicyclic) bond motifs is 4. The van der Waals surface area contributed by atoms with Gasteiger partial charge in [-0.1, -0.05) is 13.0 Å². The monoisotopic (exact) mass is 328 g/mol. The number of phenolic OH excluding ortho intramolecular Hbond substituents is 1. The number of benzene rings is 1. The summed E-state index contributed by atoms with van der Waals surface area (Å²) in [5.41, 5.74) is 2.33. The summed E-state index contributed by atoms with van der Waals surface area (Å²) in [6.45, 7) is 5.08. The summed E-state index contributed by atoms with van der Waals surface area (Å²) in [7, 11) is 2.16. The highest BCUT2D eigenvalue weighted by Crippen LogP contribution is 2.49. The van der Waals surface area contributed by atoms with Gasteiger partial charge in [-0.2, -0.15) is 0 Å². The van der Waals surface area contributed by atoms with Crippen LogP contribution in [0.2, 0.25) is 0 Å². The lowest BCUT2D eigenvalue weighted by Gasteiger charge is -2.55. The van der Waals surface area contributed by atoms with Crippen molar-refractivity contribution >= 4 is 5.91 Å². The molecule has 4 nitrogen and oxygen atoms in total. The van der Waals surface area contributed by atoms with Crippen molar-refractivity contribution in [3.63, 3.8) is 0 Å². The molecule has 2 bridgehead atoms. The fourth-order valence-electron chi connectivity index (χ4n) is 5.23. The first-order chi connectivity index (χ1) is 11.5. The van der Waals surface area contributed by atoms with E-state index in [0.29, 0.717) is 11.7 Å². The normalized spacial score (nSPS) is 33.2. The van der Waals surface area contributed by atoms with Crippen molar-refractivity contribution in [2.45, 2.75) is 50.5 Å². The van der Waals surface area contributed by atoms with E-state index in [0.717, 1.165) is 45.3 Å². The van der Waals surface area contributed by atoms with Gasteiger partial charge in [0, 0.05) is 24.5 Å². The van der Waals surface area contributed by atoms with Gasteiger partial charge in [0.1, 0.15) is 5.75 Å². The van der Waals surface area contributed by atoms with E-state index in [1.54, 1.807) is 6.07 Å². The molecule has 1 aromatic carbocycles. The minimum atomic E-state index is -0.169. The van der Waals surface area contributed by atoms with Crippen LogP contribution in [0.5, 0.6) is 5.75 Å². The number of piperidine rings is 2. The van der Waals surface area contributed by atoms with Crippen molar-refractivity contribution in [3.05, 3.63) is 29.3 Å². The van der Waals surface area contributed by atoms with E-state index in [1.807, 2.05) is 6.07 Å². The number of carbonyl (C=O) groups excluding carboxylic acids is 1. The maximum Gasteiger partial charge on any atom is 0.228 e. The van der Waals surface area contributed by atoms with Crippen molar-refractivity contribution in [3.8, 4) is 5.75 Å². The van der Waals surface area contributed by atoms with Crippen LogP contribution < -0.4 is 0 Å². The van der Waals surface area contributed by atoms with Gasteiger partial charge in [0.2, 0.25) is 5.91 Å². The highest BCUT2D eigenvalue weighted by atomic mass is 16.3. The van der Waals surface area contributed by atoms with Crippen LogP contribution in [0.15, 0.2) is 18.2 Å². The number of hydrogen-bond donors (Lipinski definition) is 1. The maximum atomic E-state index is 13.4. The largest absolute Gasteiger partial charge is 0.508 e. The first-order valence-electron chi connectivity index (χ1n) is 9.32. The highest BCUT2D eigenvalue weighted by Gasteiger charge is 2.54. The number of phenols is 1. The molecule has 1 amide bonds. The summed E-state index contributed by atoms with van der Waals surface area (Å²) >= 11 is 0. The molecule has 4 heteroatoms. The van der Waals surface area contributed by atoms with Crippen LogP contribution in [-0.2, 0) is 16.6 Å². The number of hydrogen-bond acceptors (Lipinski definition) is 3. The number of amides is 1. The summed E-state index contributed by atoms with van der Waals surface area (Å²) in [6, 6.07) is 6.02. The topological polar surface area (TPSA) is 43.8 Å². The number of aromatic hydroxyl groups is 1. The molecule has 2 fully saturated rings. The number of likely N-dealkylation sites (N-methyl/N-ethyl adjacent to an activating group) is 1. The molecule has 0 saturated carbocycles. The van der Waals surface area contributed by atoms with E-state index in [1.165, 1.54) is 17.5 Å². The van der Waals surface area contributed by atoms with E-state index in [9.17, 15) is 9.90 Å².